The quantitative estimate of drug-likeness (QED) is 0.462. The number of nitrogens with zero attached hydrogens (tertiary/aromatic N) is 4. The normalized spacial score (nSPS) is 11.9. The molecule has 8 nitrogen and oxygen atoms in total. The first-order chi connectivity index (χ1) is 15.3. The van der Waals surface area contributed by atoms with Crippen LogP contribution in [-0.4, -0.2) is 53.9 Å². The molecule has 0 unspecified atom stereocenters. The number of aromatic amines is 1. The van der Waals surface area contributed by atoms with Crippen LogP contribution in [0, 0.1) is 6.92 Å². The van der Waals surface area contributed by atoms with E-state index in [4.69, 9.17) is 4.74 Å². The predicted molar refractivity (Wildman–Crippen MR) is 123 cm³/mol. The van der Waals surface area contributed by atoms with Gasteiger partial charge in [-0.3, -0.25) is 4.98 Å². The van der Waals surface area contributed by atoms with Gasteiger partial charge in [-0.25, -0.2) is 22.7 Å². The van der Waals surface area contributed by atoms with E-state index in [0.717, 1.165) is 39.5 Å². The molecule has 0 aliphatic rings. The second-order valence-corrected chi connectivity index (χ2v) is 9.84. The number of H-pyrrole nitrogens is 1. The van der Waals surface area contributed by atoms with Crippen molar-refractivity contribution in [1.29, 1.82) is 0 Å². The Morgan fingerprint density at radius 3 is 2.50 bits per heavy atom. The van der Waals surface area contributed by atoms with Gasteiger partial charge in [-0.1, -0.05) is 6.07 Å². The molecule has 1 aromatic carbocycles. The lowest BCUT2D eigenvalue weighted by molar-refractivity contribution is 0.413. The maximum absolute atomic E-state index is 12.5. The van der Waals surface area contributed by atoms with Crippen molar-refractivity contribution in [3.63, 3.8) is 0 Å². The molecule has 0 radical (unpaired) electrons. The number of benzene rings is 1. The molecule has 0 atom stereocenters. The topological polar surface area (TPSA) is 101 Å². The van der Waals surface area contributed by atoms with Gasteiger partial charge < -0.3 is 9.72 Å². The highest BCUT2D eigenvalue weighted by Gasteiger charge is 2.19. The summed E-state index contributed by atoms with van der Waals surface area (Å²) < 4.78 is 31.4. The lowest BCUT2D eigenvalue weighted by Crippen LogP contribution is -2.22. The van der Waals surface area contributed by atoms with Crippen LogP contribution < -0.4 is 4.74 Å². The predicted octanol–water partition coefficient (Wildman–Crippen LogP) is 3.37. The number of nitrogens with one attached hydrogen (secondary N) is 1. The highest BCUT2D eigenvalue weighted by atomic mass is 32.2. The molecule has 0 aliphatic heterocycles. The number of rotatable bonds is 7. The Kier molecular flexibility index (Phi) is 5.94. The highest BCUT2D eigenvalue weighted by molar-refractivity contribution is 7.89. The van der Waals surface area contributed by atoms with Crippen molar-refractivity contribution in [2.75, 3.05) is 21.2 Å². The molecule has 166 valence electrons. The molecule has 0 amide bonds. The van der Waals surface area contributed by atoms with Crippen molar-refractivity contribution in [3.05, 3.63) is 65.9 Å². The van der Waals surface area contributed by atoms with Crippen molar-refractivity contribution >= 4 is 21.2 Å². The molecule has 3 aromatic heterocycles. The van der Waals surface area contributed by atoms with Gasteiger partial charge in [-0.05, 0) is 48.7 Å². The molecular formula is C23H25N5O3S. The molecule has 0 bridgehead atoms. The molecule has 9 heteroatoms. The van der Waals surface area contributed by atoms with Gasteiger partial charge in [0.1, 0.15) is 11.6 Å². The van der Waals surface area contributed by atoms with E-state index in [1.165, 1.54) is 18.4 Å². The standard InChI is InChI=1S/C23H25N5O3S/c1-15-13-18(32(29,30)28(2)3)6-7-19(15)20-10-12-25-23-22(20)26-21(27-23)8-5-16-14-17(31-4)9-11-24-16/h6-7,9-14H,5,8H2,1-4H3,(H,25,26,27). The van der Waals surface area contributed by atoms with Crippen molar-refractivity contribution in [1.82, 2.24) is 24.2 Å². The Labute approximate surface area is 187 Å². The Morgan fingerprint density at radius 1 is 1.00 bits per heavy atom. The number of methoxy groups -OCH3 is 1. The van der Waals surface area contributed by atoms with Crippen LogP contribution in [0.4, 0.5) is 0 Å². The lowest BCUT2D eigenvalue weighted by Gasteiger charge is -2.14. The average Bonchev–Trinajstić information content (AvgIpc) is 3.21. The number of hydrogen-bond donors (Lipinski definition) is 1. The minimum Gasteiger partial charge on any atom is -0.497 e. The van der Waals surface area contributed by atoms with Crippen molar-refractivity contribution < 1.29 is 13.2 Å². The molecule has 0 saturated heterocycles. The van der Waals surface area contributed by atoms with Crippen LogP contribution in [0.2, 0.25) is 0 Å². The number of aromatic nitrogens is 4. The number of hydrogen-bond acceptors (Lipinski definition) is 6. The van der Waals surface area contributed by atoms with E-state index >= 15 is 0 Å². The Balaban J connectivity index is 1.65. The van der Waals surface area contributed by atoms with Gasteiger partial charge in [0.25, 0.3) is 0 Å². The molecule has 4 aromatic rings. The molecule has 0 saturated carbocycles. The van der Waals surface area contributed by atoms with Crippen molar-refractivity contribution in [2.24, 2.45) is 0 Å². The number of sulfonamides is 1. The third-order valence-corrected chi connectivity index (χ3v) is 7.16. The number of imidazole rings is 1. The van der Waals surface area contributed by atoms with Crippen LogP contribution in [0.25, 0.3) is 22.3 Å². The van der Waals surface area contributed by atoms with Crippen molar-refractivity contribution in [2.45, 2.75) is 24.7 Å². The van der Waals surface area contributed by atoms with Crippen LogP contribution in [-0.2, 0) is 22.9 Å². The fourth-order valence-electron chi connectivity index (χ4n) is 3.58. The van der Waals surface area contributed by atoms with E-state index in [-0.39, 0.29) is 4.90 Å². The largest absolute Gasteiger partial charge is 0.497 e. The molecule has 1 N–H and O–H groups in total. The molecule has 0 spiro atoms. The van der Waals surface area contributed by atoms with E-state index < -0.39 is 10.0 Å². The summed E-state index contributed by atoms with van der Waals surface area (Å²) in [6.45, 7) is 1.90. The summed E-state index contributed by atoms with van der Waals surface area (Å²) in [7, 11) is 1.20. The maximum Gasteiger partial charge on any atom is 0.242 e. The Hall–Kier alpha value is -3.30. The van der Waals surface area contributed by atoms with Crippen LogP contribution in [0.1, 0.15) is 17.1 Å². The highest BCUT2D eigenvalue weighted by Crippen LogP contribution is 2.31. The molecular weight excluding hydrogens is 426 g/mol. The van der Waals surface area contributed by atoms with Crippen LogP contribution in [0.15, 0.2) is 53.7 Å². The molecule has 0 aliphatic carbocycles. The number of aryl methyl sites for hydroxylation is 3. The minimum atomic E-state index is -3.49. The SMILES string of the molecule is COc1ccnc(CCc2nc3nccc(-c4ccc(S(=O)(=O)N(C)C)cc4C)c3[nH]2)c1. The maximum atomic E-state index is 12.5. The van der Waals surface area contributed by atoms with Gasteiger partial charge in [0.05, 0.1) is 17.5 Å². The molecule has 4 rings (SSSR count). The van der Waals surface area contributed by atoms with Gasteiger partial charge in [0, 0.05) is 50.2 Å². The van der Waals surface area contributed by atoms with Crippen LogP contribution >= 0.6 is 0 Å². The van der Waals surface area contributed by atoms with Gasteiger partial charge in [-0.2, -0.15) is 0 Å². The first-order valence-corrected chi connectivity index (χ1v) is 11.6. The second kappa shape index (κ2) is 8.68. The summed E-state index contributed by atoms with van der Waals surface area (Å²) >= 11 is 0. The molecule has 32 heavy (non-hydrogen) atoms. The lowest BCUT2D eigenvalue weighted by atomic mass is 10.0. The van der Waals surface area contributed by atoms with E-state index in [1.54, 1.807) is 31.6 Å². The zero-order valence-corrected chi connectivity index (χ0v) is 19.3. The van der Waals surface area contributed by atoms with E-state index in [1.807, 2.05) is 31.2 Å². The van der Waals surface area contributed by atoms with E-state index in [9.17, 15) is 8.42 Å². The smallest absolute Gasteiger partial charge is 0.242 e. The minimum absolute atomic E-state index is 0.269. The zero-order valence-electron chi connectivity index (χ0n) is 18.5. The van der Waals surface area contributed by atoms with Gasteiger partial charge >= 0.3 is 0 Å². The Bertz CT molecular complexity index is 1380. The summed E-state index contributed by atoms with van der Waals surface area (Å²) in [5, 5.41) is 0. The van der Waals surface area contributed by atoms with E-state index in [2.05, 4.69) is 19.9 Å². The summed E-state index contributed by atoms with van der Waals surface area (Å²) in [6.07, 6.45) is 4.84. The first-order valence-electron chi connectivity index (χ1n) is 10.2. The van der Waals surface area contributed by atoms with Gasteiger partial charge in [0.15, 0.2) is 5.65 Å². The Morgan fingerprint density at radius 2 is 1.78 bits per heavy atom. The summed E-state index contributed by atoms with van der Waals surface area (Å²) in [4.78, 5) is 17.1. The van der Waals surface area contributed by atoms with Crippen LogP contribution in [0.3, 0.4) is 0 Å². The number of pyridine rings is 2. The average molecular weight is 452 g/mol. The zero-order chi connectivity index (χ0) is 22.9. The second-order valence-electron chi connectivity index (χ2n) is 7.69. The fraction of sp³-hybridized carbons (Fsp3) is 0.261. The van der Waals surface area contributed by atoms with Gasteiger partial charge in [0.2, 0.25) is 10.0 Å². The molecule has 0 fully saturated rings. The summed E-state index contributed by atoms with van der Waals surface area (Å²) in [5.74, 6) is 1.59. The monoisotopic (exact) mass is 451 g/mol. The molecule has 3 heterocycles. The number of ether oxygens (including phenoxy) is 1. The third kappa shape index (κ3) is 4.21. The van der Waals surface area contributed by atoms with Crippen molar-refractivity contribution in [3.8, 4) is 16.9 Å². The van der Waals surface area contributed by atoms with E-state index in [0.29, 0.717) is 18.5 Å². The summed E-state index contributed by atoms with van der Waals surface area (Å²) in [6, 6.07) is 10.8. The first kappa shape index (κ1) is 21.9. The third-order valence-electron chi connectivity index (χ3n) is 5.35. The van der Waals surface area contributed by atoms with Gasteiger partial charge in [-0.15, -0.1) is 0 Å². The fourth-order valence-corrected chi connectivity index (χ4v) is 4.56. The number of fused-ring (bicyclic) bond motifs is 1. The summed E-state index contributed by atoms with van der Waals surface area (Å²) in [5.41, 5.74) is 5.09. The van der Waals surface area contributed by atoms with Crippen LogP contribution in [0.5, 0.6) is 5.75 Å².